The van der Waals surface area contributed by atoms with Crippen molar-refractivity contribution in [1.82, 2.24) is 14.8 Å². The SMILES string of the molecule is CC(Sc1nnc(C2CC2)n1C1CC1)C(=O)Nc1ccc(C#N)cc1. The number of carbonyl (C=O) groups excluding carboxylic acids is 1. The molecule has 1 heterocycles. The first-order chi connectivity index (χ1) is 12.2. The van der Waals surface area contributed by atoms with Gasteiger partial charge in [-0.25, -0.2) is 0 Å². The van der Waals surface area contributed by atoms with Crippen LogP contribution in [0.25, 0.3) is 0 Å². The summed E-state index contributed by atoms with van der Waals surface area (Å²) in [5, 5.41) is 21.0. The van der Waals surface area contributed by atoms with Crippen molar-refractivity contribution in [3.05, 3.63) is 35.7 Å². The van der Waals surface area contributed by atoms with Crippen LogP contribution in [0.2, 0.25) is 0 Å². The summed E-state index contributed by atoms with van der Waals surface area (Å²) in [5.74, 6) is 1.59. The number of aromatic nitrogens is 3. The lowest BCUT2D eigenvalue weighted by Crippen LogP contribution is -2.23. The van der Waals surface area contributed by atoms with Gasteiger partial charge < -0.3 is 9.88 Å². The number of benzene rings is 1. The van der Waals surface area contributed by atoms with E-state index in [1.807, 2.05) is 6.92 Å². The van der Waals surface area contributed by atoms with Crippen molar-refractivity contribution in [2.45, 2.75) is 55.0 Å². The third-order valence-corrected chi connectivity index (χ3v) is 5.54. The van der Waals surface area contributed by atoms with Crippen LogP contribution in [-0.2, 0) is 4.79 Å². The van der Waals surface area contributed by atoms with Gasteiger partial charge in [0.05, 0.1) is 16.9 Å². The summed E-state index contributed by atoms with van der Waals surface area (Å²) in [4.78, 5) is 12.5. The second-order valence-corrected chi connectivity index (χ2v) is 7.96. The molecule has 2 aromatic rings. The maximum atomic E-state index is 12.5. The zero-order valence-electron chi connectivity index (χ0n) is 14.0. The number of carbonyl (C=O) groups is 1. The summed E-state index contributed by atoms with van der Waals surface area (Å²) >= 11 is 1.46. The lowest BCUT2D eigenvalue weighted by Gasteiger charge is -2.13. The molecule has 7 heteroatoms. The molecule has 25 heavy (non-hydrogen) atoms. The first-order valence-electron chi connectivity index (χ1n) is 8.58. The van der Waals surface area contributed by atoms with Crippen molar-refractivity contribution in [1.29, 1.82) is 5.26 Å². The van der Waals surface area contributed by atoms with E-state index in [-0.39, 0.29) is 11.2 Å². The third-order valence-electron chi connectivity index (χ3n) is 4.48. The molecule has 128 valence electrons. The zero-order chi connectivity index (χ0) is 17.4. The summed E-state index contributed by atoms with van der Waals surface area (Å²) < 4.78 is 2.26. The van der Waals surface area contributed by atoms with Crippen LogP contribution < -0.4 is 5.32 Å². The van der Waals surface area contributed by atoms with Crippen LogP contribution in [0, 0.1) is 11.3 Å². The molecule has 2 fully saturated rings. The molecule has 2 saturated carbocycles. The lowest BCUT2D eigenvalue weighted by atomic mass is 10.2. The predicted octanol–water partition coefficient (Wildman–Crippen LogP) is 3.48. The molecule has 1 N–H and O–H groups in total. The second kappa shape index (κ2) is 6.52. The number of thioether (sulfide) groups is 1. The number of nitrogens with zero attached hydrogens (tertiary/aromatic N) is 4. The van der Waals surface area contributed by atoms with E-state index in [1.165, 1.54) is 37.4 Å². The molecule has 0 radical (unpaired) electrons. The van der Waals surface area contributed by atoms with Crippen molar-refractivity contribution >= 4 is 23.4 Å². The van der Waals surface area contributed by atoms with Gasteiger partial charge in [-0.2, -0.15) is 5.26 Å². The Morgan fingerprint density at radius 3 is 2.60 bits per heavy atom. The molecule has 0 bridgehead atoms. The largest absolute Gasteiger partial charge is 0.325 e. The standard InChI is InChI=1S/C18H19N5OS/c1-11(17(24)20-14-6-2-12(10-19)3-7-14)25-18-22-21-16(13-4-5-13)23(18)15-8-9-15/h2-3,6-7,11,13,15H,4-5,8-9H2,1H3,(H,20,24). The fraction of sp³-hybridized carbons (Fsp3) is 0.444. The predicted molar refractivity (Wildman–Crippen MR) is 95.4 cm³/mol. The van der Waals surface area contributed by atoms with Crippen molar-refractivity contribution in [2.24, 2.45) is 0 Å². The monoisotopic (exact) mass is 353 g/mol. The molecule has 0 aliphatic heterocycles. The number of hydrogen-bond acceptors (Lipinski definition) is 5. The van der Waals surface area contributed by atoms with E-state index in [2.05, 4.69) is 26.2 Å². The minimum absolute atomic E-state index is 0.0759. The topological polar surface area (TPSA) is 83.6 Å². The summed E-state index contributed by atoms with van der Waals surface area (Å²) in [6.45, 7) is 1.88. The maximum absolute atomic E-state index is 12.5. The van der Waals surface area contributed by atoms with E-state index in [9.17, 15) is 4.79 Å². The summed E-state index contributed by atoms with van der Waals surface area (Å²) in [6, 6.07) is 9.45. The fourth-order valence-corrected chi connectivity index (χ4v) is 3.67. The van der Waals surface area contributed by atoms with Crippen LogP contribution in [0.5, 0.6) is 0 Å². The molecule has 1 aromatic heterocycles. The first-order valence-corrected chi connectivity index (χ1v) is 9.46. The minimum atomic E-state index is -0.274. The van der Waals surface area contributed by atoms with Gasteiger partial charge in [0, 0.05) is 17.6 Å². The highest BCUT2D eigenvalue weighted by Crippen LogP contribution is 2.46. The van der Waals surface area contributed by atoms with Gasteiger partial charge in [0.1, 0.15) is 5.82 Å². The molecule has 0 spiro atoms. The zero-order valence-corrected chi connectivity index (χ0v) is 14.8. The molecule has 2 aliphatic rings. The number of nitrogens with one attached hydrogen (secondary N) is 1. The molecular weight excluding hydrogens is 334 g/mol. The van der Waals surface area contributed by atoms with Crippen LogP contribution in [0.15, 0.2) is 29.4 Å². The highest BCUT2D eigenvalue weighted by Gasteiger charge is 2.37. The molecule has 0 saturated heterocycles. The van der Waals surface area contributed by atoms with E-state index >= 15 is 0 Å². The van der Waals surface area contributed by atoms with Crippen LogP contribution in [0.3, 0.4) is 0 Å². The van der Waals surface area contributed by atoms with Gasteiger partial charge in [-0.15, -0.1) is 10.2 Å². The third kappa shape index (κ3) is 3.54. The quantitative estimate of drug-likeness (QED) is 0.804. The number of nitriles is 1. The lowest BCUT2D eigenvalue weighted by molar-refractivity contribution is -0.115. The van der Waals surface area contributed by atoms with Gasteiger partial charge in [0.25, 0.3) is 0 Å². The Kier molecular flexibility index (Phi) is 4.22. The Bertz CT molecular complexity index is 830. The fourth-order valence-electron chi connectivity index (χ4n) is 2.75. The van der Waals surface area contributed by atoms with Crippen molar-refractivity contribution in [3.8, 4) is 6.07 Å². The van der Waals surface area contributed by atoms with E-state index in [1.54, 1.807) is 24.3 Å². The highest BCUT2D eigenvalue weighted by molar-refractivity contribution is 8.00. The Hall–Kier alpha value is -2.33. The molecule has 1 unspecified atom stereocenters. The van der Waals surface area contributed by atoms with E-state index in [0.29, 0.717) is 23.2 Å². The minimum Gasteiger partial charge on any atom is -0.325 e. The van der Waals surface area contributed by atoms with E-state index in [0.717, 1.165) is 11.0 Å². The Balaban J connectivity index is 1.43. The van der Waals surface area contributed by atoms with Crippen molar-refractivity contribution in [3.63, 3.8) is 0 Å². The average Bonchev–Trinajstić information content (AvgIpc) is 3.54. The first kappa shape index (κ1) is 16.2. The van der Waals surface area contributed by atoms with Gasteiger partial charge in [0.2, 0.25) is 5.91 Å². The van der Waals surface area contributed by atoms with Gasteiger partial charge in [-0.1, -0.05) is 11.8 Å². The number of rotatable bonds is 6. The van der Waals surface area contributed by atoms with Gasteiger partial charge in [0.15, 0.2) is 5.16 Å². The normalized spacial score (nSPS) is 17.8. The smallest absolute Gasteiger partial charge is 0.237 e. The van der Waals surface area contributed by atoms with E-state index < -0.39 is 0 Å². The molecule has 1 atom stereocenters. The molecule has 4 rings (SSSR count). The van der Waals surface area contributed by atoms with Crippen LogP contribution in [-0.4, -0.2) is 25.9 Å². The number of hydrogen-bond donors (Lipinski definition) is 1. The highest BCUT2D eigenvalue weighted by atomic mass is 32.2. The molecule has 1 amide bonds. The van der Waals surface area contributed by atoms with Gasteiger partial charge in [-0.05, 0) is 56.9 Å². The van der Waals surface area contributed by atoms with Crippen molar-refractivity contribution < 1.29 is 4.79 Å². The molecule has 1 aromatic carbocycles. The van der Waals surface area contributed by atoms with Crippen LogP contribution in [0.1, 0.15) is 56.0 Å². The Morgan fingerprint density at radius 1 is 1.28 bits per heavy atom. The maximum Gasteiger partial charge on any atom is 0.237 e. The molecule has 6 nitrogen and oxygen atoms in total. The van der Waals surface area contributed by atoms with E-state index in [4.69, 9.17) is 5.26 Å². The molecular formula is C18H19N5OS. The number of anilines is 1. The summed E-state index contributed by atoms with van der Waals surface area (Å²) in [6.07, 6.45) is 4.75. The number of amides is 1. The average molecular weight is 353 g/mol. The van der Waals surface area contributed by atoms with Crippen LogP contribution in [0.4, 0.5) is 5.69 Å². The van der Waals surface area contributed by atoms with Crippen LogP contribution >= 0.6 is 11.8 Å². The summed E-state index contributed by atoms with van der Waals surface area (Å²) in [7, 11) is 0. The second-order valence-electron chi connectivity index (χ2n) is 6.65. The van der Waals surface area contributed by atoms with Gasteiger partial charge in [-0.3, -0.25) is 4.79 Å². The molecule has 2 aliphatic carbocycles. The Morgan fingerprint density at radius 2 is 2.00 bits per heavy atom. The summed E-state index contributed by atoms with van der Waals surface area (Å²) in [5.41, 5.74) is 1.27. The Labute approximate surface area is 150 Å². The van der Waals surface area contributed by atoms with Gasteiger partial charge >= 0.3 is 0 Å². The van der Waals surface area contributed by atoms with Crippen molar-refractivity contribution in [2.75, 3.05) is 5.32 Å².